The van der Waals surface area contributed by atoms with Crippen molar-refractivity contribution in [2.45, 2.75) is 26.6 Å². The lowest BCUT2D eigenvalue weighted by Crippen LogP contribution is -2.23. The van der Waals surface area contributed by atoms with E-state index in [1.54, 1.807) is 6.33 Å². The molecule has 2 aromatic carbocycles. The van der Waals surface area contributed by atoms with E-state index in [1.165, 1.54) is 11.1 Å². The van der Waals surface area contributed by atoms with Crippen molar-refractivity contribution >= 4 is 16.7 Å². The quantitative estimate of drug-likeness (QED) is 0.432. The maximum Gasteiger partial charge on any atom is 0.119 e. The zero-order valence-electron chi connectivity index (χ0n) is 18.4. The van der Waals surface area contributed by atoms with Crippen LogP contribution in [0.5, 0.6) is 5.75 Å². The van der Waals surface area contributed by atoms with Gasteiger partial charge in [0.1, 0.15) is 5.75 Å². The van der Waals surface area contributed by atoms with Gasteiger partial charge < -0.3 is 19.5 Å². The second-order valence-electron chi connectivity index (χ2n) is 7.93. The first-order chi connectivity index (χ1) is 15.1. The Morgan fingerprint density at radius 1 is 0.903 bits per heavy atom. The molecule has 160 valence electrons. The van der Waals surface area contributed by atoms with Crippen molar-refractivity contribution < 1.29 is 4.74 Å². The fourth-order valence-corrected chi connectivity index (χ4v) is 3.73. The Hall–Kier alpha value is -3.38. The number of hydrogen-bond acceptors (Lipinski definition) is 5. The van der Waals surface area contributed by atoms with Crippen LogP contribution in [0.25, 0.3) is 11.0 Å². The monoisotopic (exact) mass is 415 g/mol. The van der Waals surface area contributed by atoms with Gasteiger partial charge in [0.2, 0.25) is 0 Å². The third-order valence-electron chi connectivity index (χ3n) is 5.08. The van der Waals surface area contributed by atoms with Gasteiger partial charge in [-0.15, -0.1) is 0 Å². The molecular weight excluding hydrogens is 386 g/mol. The molecule has 0 aliphatic carbocycles. The molecule has 2 heterocycles. The molecule has 4 aromatic rings. The number of fused-ring (bicyclic) bond motifs is 1. The van der Waals surface area contributed by atoms with Gasteiger partial charge in [0.15, 0.2) is 0 Å². The predicted molar refractivity (Wildman–Crippen MR) is 125 cm³/mol. The van der Waals surface area contributed by atoms with Crippen molar-refractivity contribution in [2.75, 3.05) is 25.6 Å². The van der Waals surface area contributed by atoms with Gasteiger partial charge >= 0.3 is 0 Å². The van der Waals surface area contributed by atoms with Crippen molar-refractivity contribution in [2.24, 2.45) is 0 Å². The zero-order chi connectivity index (χ0) is 21.6. The number of ether oxygens (including phenoxy) is 1. The Morgan fingerprint density at radius 2 is 1.74 bits per heavy atom. The van der Waals surface area contributed by atoms with E-state index in [0.29, 0.717) is 6.61 Å². The molecule has 0 atom stereocenters. The third kappa shape index (κ3) is 5.41. The molecule has 0 bridgehead atoms. The molecule has 0 unspecified atom stereocenters. The number of rotatable bonds is 9. The summed E-state index contributed by atoms with van der Waals surface area (Å²) in [6.45, 7) is 5.03. The molecule has 4 rings (SSSR count). The molecule has 0 aliphatic heterocycles. The number of hydrogen-bond donors (Lipinski definition) is 1. The Kier molecular flexibility index (Phi) is 6.48. The first-order valence-corrected chi connectivity index (χ1v) is 10.6. The Bertz CT molecular complexity index is 1140. The van der Waals surface area contributed by atoms with Gasteiger partial charge in [-0.2, -0.15) is 0 Å². The van der Waals surface area contributed by atoms with Crippen molar-refractivity contribution in [1.82, 2.24) is 19.9 Å². The van der Waals surface area contributed by atoms with E-state index in [0.717, 1.165) is 47.8 Å². The van der Waals surface area contributed by atoms with E-state index in [9.17, 15) is 0 Å². The Labute approximate surface area is 183 Å². The summed E-state index contributed by atoms with van der Waals surface area (Å²) in [7, 11) is 4.12. The summed E-state index contributed by atoms with van der Waals surface area (Å²) < 4.78 is 5.71. The summed E-state index contributed by atoms with van der Waals surface area (Å²) in [5, 5.41) is 0. The molecule has 0 fully saturated rings. The number of aromatic nitrogens is 3. The van der Waals surface area contributed by atoms with E-state index in [4.69, 9.17) is 4.74 Å². The van der Waals surface area contributed by atoms with Crippen LogP contribution in [0.2, 0.25) is 0 Å². The van der Waals surface area contributed by atoms with Crippen LogP contribution in [-0.2, 0) is 19.6 Å². The van der Waals surface area contributed by atoms with Crippen LogP contribution in [0.1, 0.15) is 23.7 Å². The van der Waals surface area contributed by atoms with Crippen LogP contribution in [0.15, 0.2) is 67.1 Å². The topological polar surface area (TPSA) is 57.3 Å². The molecule has 0 aliphatic rings. The highest BCUT2D eigenvalue weighted by Crippen LogP contribution is 2.24. The number of anilines is 1. The molecule has 6 heteroatoms. The lowest BCUT2D eigenvalue weighted by molar-refractivity contribution is 0.340. The van der Waals surface area contributed by atoms with E-state index in [2.05, 4.69) is 87.4 Å². The lowest BCUT2D eigenvalue weighted by atomic mass is 10.1. The first kappa shape index (κ1) is 20.9. The fraction of sp³-hybridized carbons (Fsp3) is 0.280. The summed E-state index contributed by atoms with van der Waals surface area (Å²) in [4.78, 5) is 16.6. The maximum atomic E-state index is 5.71. The molecule has 1 N–H and O–H groups in total. The van der Waals surface area contributed by atoms with Crippen LogP contribution in [0.3, 0.4) is 0 Å². The number of pyridine rings is 1. The Balaban J connectivity index is 1.65. The van der Waals surface area contributed by atoms with E-state index in [1.807, 2.05) is 19.2 Å². The van der Waals surface area contributed by atoms with Gasteiger partial charge in [-0.3, -0.25) is 4.98 Å². The van der Waals surface area contributed by atoms with Crippen LogP contribution >= 0.6 is 0 Å². The van der Waals surface area contributed by atoms with Gasteiger partial charge in [0.05, 0.1) is 29.7 Å². The molecule has 0 spiro atoms. The minimum Gasteiger partial charge on any atom is -0.494 e. The smallest absolute Gasteiger partial charge is 0.119 e. The summed E-state index contributed by atoms with van der Waals surface area (Å²) in [6, 6.07) is 19.0. The SMILES string of the molecule is CCOc1cccc(CN(Cc2ccc3nc[nH]c3c2)c2ccnc(CN(C)C)c2)c1. The van der Waals surface area contributed by atoms with E-state index < -0.39 is 0 Å². The molecule has 0 saturated heterocycles. The van der Waals surface area contributed by atoms with E-state index >= 15 is 0 Å². The number of nitrogens with one attached hydrogen (secondary N) is 1. The summed E-state index contributed by atoms with van der Waals surface area (Å²) in [5.41, 5.74) is 6.68. The minimum atomic E-state index is 0.662. The zero-order valence-corrected chi connectivity index (χ0v) is 18.4. The van der Waals surface area contributed by atoms with Crippen molar-refractivity contribution in [3.63, 3.8) is 0 Å². The summed E-state index contributed by atoms with van der Waals surface area (Å²) in [5.74, 6) is 0.904. The Morgan fingerprint density at radius 3 is 2.55 bits per heavy atom. The molecule has 0 saturated carbocycles. The van der Waals surface area contributed by atoms with Gasteiger partial charge in [-0.1, -0.05) is 18.2 Å². The number of H-pyrrole nitrogens is 1. The van der Waals surface area contributed by atoms with Gasteiger partial charge in [-0.05, 0) is 68.5 Å². The summed E-state index contributed by atoms with van der Waals surface area (Å²) >= 11 is 0. The summed E-state index contributed by atoms with van der Waals surface area (Å²) in [6.07, 6.45) is 3.64. The predicted octanol–water partition coefficient (Wildman–Crippen LogP) is 4.63. The number of nitrogens with zero attached hydrogens (tertiary/aromatic N) is 4. The fourth-order valence-electron chi connectivity index (χ4n) is 3.73. The van der Waals surface area contributed by atoms with Gasteiger partial charge in [-0.25, -0.2) is 4.98 Å². The standard InChI is InChI=1S/C25H29N5O/c1-4-31-23-7-5-6-19(12-23)15-30(22-10-11-26-21(14-22)17-29(2)3)16-20-8-9-24-25(13-20)28-18-27-24/h5-14,18H,4,15-17H2,1-3H3,(H,27,28). The molecule has 0 amide bonds. The van der Waals surface area contributed by atoms with Crippen molar-refractivity contribution in [3.8, 4) is 5.75 Å². The van der Waals surface area contributed by atoms with E-state index in [-0.39, 0.29) is 0 Å². The normalized spacial score (nSPS) is 11.2. The number of aromatic amines is 1. The van der Waals surface area contributed by atoms with Crippen molar-refractivity contribution in [3.05, 3.63) is 83.9 Å². The third-order valence-corrected chi connectivity index (χ3v) is 5.08. The maximum absolute atomic E-state index is 5.71. The number of imidazole rings is 1. The molecular formula is C25H29N5O. The van der Waals surface area contributed by atoms with Crippen molar-refractivity contribution in [1.29, 1.82) is 0 Å². The van der Waals surface area contributed by atoms with Crippen LogP contribution in [0.4, 0.5) is 5.69 Å². The molecule has 2 aromatic heterocycles. The lowest BCUT2D eigenvalue weighted by Gasteiger charge is -2.26. The second kappa shape index (κ2) is 9.62. The highest BCUT2D eigenvalue weighted by atomic mass is 16.5. The molecule has 6 nitrogen and oxygen atoms in total. The number of benzene rings is 2. The highest BCUT2D eigenvalue weighted by molar-refractivity contribution is 5.75. The van der Waals surface area contributed by atoms with Crippen LogP contribution < -0.4 is 9.64 Å². The highest BCUT2D eigenvalue weighted by Gasteiger charge is 2.12. The molecule has 0 radical (unpaired) electrons. The van der Waals surface area contributed by atoms with Gasteiger partial charge in [0, 0.05) is 31.5 Å². The average molecular weight is 416 g/mol. The average Bonchev–Trinajstić information content (AvgIpc) is 3.21. The second-order valence-corrected chi connectivity index (χ2v) is 7.93. The minimum absolute atomic E-state index is 0.662. The largest absolute Gasteiger partial charge is 0.494 e. The molecule has 31 heavy (non-hydrogen) atoms. The van der Waals surface area contributed by atoms with Crippen LogP contribution in [0, 0.1) is 0 Å². The van der Waals surface area contributed by atoms with Gasteiger partial charge in [0.25, 0.3) is 0 Å². The van der Waals surface area contributed by atoms with Crippen LogP contribution in [-0.4, -0.2) is 40.6 Å². The first-order valence-electron chi connectivity index (χ1n) is 10.6.